The molecule has 146 valence electrons. The third-order valence-electron chi connectivity index (χ3n) is 4.57. The lowest BCUT2D eigenvalue weighted by Crippen LogP contribution is -2.28. The van der Waals surface area contributed by atoms with E-state index in [-0.39, 0.29) is 10.8 Å². The van der Waals surface area contributed by atoms with Gasteiger partial charge >= 0.3 is 0 Å². The number of nitrogens with one attached hydrogen (secondary N) is 1. The van der Waals surface area contributed by atoms with Gasteiger partial charge in [0, 0.05) is 23.7 Å². The molecule has 1 aromatic heterocycles. The molecular formula is C19H24N2O4S2. The van der Waals surface area contributed by atoms with Gasteiger partial charge in [0.05, 0.1) is 11.5 Å². The van der Waals surface area contributed by atoms with Gasteiger partial charge in [0.25, 0.3) is 5.91 Å². The highest BCUT2D eigenvalue weighted by Gasteiger charge is 2.30. The molecule has 0 spiro atoms. The van der Waals surface area contributed by atoms with E-state index in [1.54, 1.807) is 12.1 Å². The summed E-state index contributed by atoms with van der Waals surface area (Å²) in [6, 6.07) is 6.60. The molecule has 2 heterocycles. The number of carbonyl (C=O) groups excluding carboxylic acids is 1. The molecule has 6 nitrogen and oxygen atoms in total. The Morgan fingerprint density at radius 2 is 1.93 bits per heavy atom. The van der Waals surface area contributed by atoms with Crippen molar-refractivity contribution < 1.29 is 17.9 Å². The Balaban J connectivity index is 1.92. The molecule has 0 unspecified atom stereocenters. The molecule has 0 saturated carbocycles. The number of nitrogens with zero attached hydrogens (tertiary/aromatic N) is 1. The van der Waals surface area contributed by atoms with Gasteiger partial charge in [-0.1, -0.05) is 0 Å². The number of hydrogen-bond donors (Lipinski definition) is 1. The Hall–Kier alpha value is -1.90. The Morgan fingerprint density at radius 3 is 2.52 bits per heavy atom. The number of hydrogen-bond acceptors (Lipinski definition) is 5. The molecule has 1 saturated heterocycles. The highest BCUT2D eigenvalue weighted by molar-refractivity contribution is 7.89. The van der Waals surface area contributed by atoms with Crippen LogP contribution in [-0.4, -0.2) is 38.3 Å². The number of rotatable bonds is 6. The largest absolute Gasteiger partial charge is 0.492 e. The maximum Gasteiger partial charge on any atom is 0.265 e. The van der Waals surface area contributed by atoms with Gasteiger partial charge in [0.1, 0.15) is 10.6 Å². The first-order valence-electron chi connectivity index (χ1n) is 8.98. The standard InChI is InChI=1S/C19H24N2O4S2/c1-4-25-16-8-7-15(20-19(22)17-11-13(2)14(3)26-17)12-18(16)27(23,24)21-9-5-6-10-21/h7-8,11-12H,4-6,9-10H2,1-3H3,(H,20,22). The monoisotopic (exact) mass is 408 g/mol. The molecule has 2 aromatic rings. The van der Waals surface area contributed by atoms with Crippen molar-refractivity contribution in [2.24, 2.45) is 0 Å². The molecule has 8 heteroatoms. The Labute approximate surface area is 164 Å². The molecule has 1 aromatic carbocycles. The van der Waals surface area contributed by atoms with Gasteiger partial charge in [-0.2, -0.15) is 4.31 Å². The molecule has 1 aliphatic rings. The summed E-state index contributed by atoms with van der Waals surface area (Å²) in [5.41, 5.74) is 1.50. The minimum atomic E-state index is -3.66. The number of anilines is 1. The topological polar surface area (TPSA) is 75.7 Å². The van der Waals surface area contributed by atoms with Crippen LogP contribution >= 0.6 is 11.3 Å². The van der Waals surface area contributed by atoms with E-state index in [4.69, 9.17) is 4.74 Å². The average molecular weight is 409 g/mol. The lowest BCUT2D eigenvalue weighted by Gasteiger charge is -2.19. The number of ether oxygens (including phenoxy) is 1. The first-order valence-corrected chi connectivity index (χ1v) is 11.2. The second-order valence-electron chi connectivity index (χ2n) is 6.51. The minimum Gasteiger partial charge on any atom is -0.492 e. The van der Waals surface area contributed by atoms with Crippen molar-refractivity contribution in [3.8, 4) is 5.75 Å². The van der Waals surface area contributed by atoms with Crippen molar-refractivity contribution >= 4 is 33.0 Å². The van der Waals surface area contributed by atoms with Crippen LogP contribution in [0.3, 0.4) is 0 Å². The first kappa shape index (κ1) is 19.9. The first-order chi connectivity index (χ1) is 12.8. The quantitative estimate of drug-likeness (QED) is 0.789. The Bertz CT molecular complexity index is 925. The second-order valence-corrected chi connectivity index (χ2v) is 9.67. The third-order valence-corrected chi connectivity index (χ3v) is 7.65. The summed E-state index contributed by atoms with van der Waals surface area (Å²) in [5.74, 6) is 0.0649. The van der Waals surface area contributed by atoms with E-state index in [0.717, 1.165) is 23.3 Å². The van der Waals surface area contributed by atoms with Crippen molar-refractivity contribution in [1.29, 1.82) is 0 Å². The summed E-state index contributed by atoms with van der Waals surface area (Å²) in [7, 11) is -3.66. The smallest absolute Gasteiger partial charge is 0.265 e. The van der Waals surface area contributed by atoms with E-state index in [1.165, 1.54) is 21.7 Å². The number of amides is 1. The van der Waals surface area contributed by atoms with Crippen LogP contribution < -0.4 is 10.1 Å². The molecule has 3 rings (SSSR count). The average Bonchev–Trinajstić information content (AvgIpc) is 3.27. The predicted molar refractivity (Wildman–Crippen MR) is 107 cm³/mol. The van der Waals surface area contributed by atoms with Gasteiger partial charge in [0.15, 0.2) is 0 Å². The maximum atomic E-state index is 13.0. The number of carbonyl (C=O) groups is 1. The lowest BCUT2D eigenvalue weighted by atomic mass is 10.2. The van der Waals surface area contributed by atoms with Crippen LogP contribution in [-0.2, 0) is 10.0 Å². The highest BCUT2D eigenvalue weighted by atomic mass is 32.2. The van der Waals surface area contributed by atoms with E-state index in [1.807, 2.05) is 26.8 Å². The molecule has 1 aliphatic heterocycles. The number of benzene rings is 1. The van der Waals surface area contributed by atoms with Crippen molar-refractivity contribution in [2.45, 2.75) is 38.5 Å². The lowest BCUT2D eigenvalue weighted by molar-refractivity contribution is 0.103. The van der Waals surface area contributed by atoms with E-state index in [9.17, 15) is 13.2 Å². The molecule has 0 atom stereocenters. The van der Waals surface area contributed by atoms with Crippen LogP contribution in [0.15, 0.2) is 29.2 Å². The number of sulfonamides is 1. The van der Waals surface area contributed by atoms with Crippen molar-refractivity contribution in [3.05, 3.63) is 39.6 Å². The highest BCUT2D eigenvalue weighted by Crippen LogP contribution is 2.32. The number of aryl methyl sites for hydroxylation is 2. The molecule has 0 aliphatic carbocycles. The zero-order valence-corrected chi connectivity index (χ0v) is 17.4. The summed E-state index contributed by atoms with van der Waals surface area (Å²) in [4.78, 5) is 14.3. The van der Waals surface area contributed by atoms with Gasteiger partial charge in [-0.15, -0.1) is 11.3 Å². The molecule has 0 radical (unpaired) electrons. The third kappa shape index (κ3) is 4.17. The van der Waals surface area contributed by atoms with Gasteiger partial charge in [0.2, 0.25) is 10.0 Å². The van der Waals surface area contributed by atoms with Crippen LogP contribution in [0.4, 0.5) is 5.69 Å². The van der Waals surface area contributed by atoms with E-state index >= 15 is 0 Å². The molecule has 0 bridgehead atoms. The van der Waals surface area contributed by atoms with E-state index in [0.29, 0.717) is 36.0 Å². The van der Waals surface area contributed by atoms with Crippen LogP contribution in [0, 0.1) is 13.8 Å². The van der Waals surface area contributed by atoms with Crippen LogP contribution in [0.2, 0.25) is 0 Å². The SMILES string of the molecule is CCOc1ccc(NC(=O)c2cc(C)c(C)s2)cc1S(=O)(=O)N1CCCC1. The fraction of sp³-hybridized carbons (Fsp3) is 0.421. The molecule has 1 fully saturated rings. The fourth-order valence-electron chi connectivity index (χ4n) is 3.01. The fourth-order valence-corrected chi connectivity index (χ4v) is 5.61. The van der Waals surface area contributed by atoms with Crippen LogP contribution in [0.1, 0.15) is 39.9 Å². The van der Waals surface area contributed by atoms with E-state index in [2.05, 4.69) is 5.32 Å². The van der Waals surface area contributed by atoms with Crippen molar-refractivity contribution in [2.75, 3.05) is 25.0 Å². The predicted octanol–water partition coefficient (Wildman–Crippen LogP) is 3.80. The normalized spacial score (nSPS) is 15.1. The maximum absolute atomic E-state index is 13.0. The molecule has 27 heavy (non-hydrogen) atoms. The van der Waals surface area contributed by atoms with Gasteiger partial charge in [-0.05, 0) is 63.4 Å². The van der Waals surface area contributed by atoms with Gasteiger partial charge in [-0.25, -0.2) is 8.42 Å². The zero-order chi connectivity index (χ0) is 19.6. The second kappa shape index (κ2) is 8.00. The summed E-state index contributed by atoms with van der Waals surface area (Å²) in [5, 5.41) is 2.80. The summed E-state index contributed by atoms with van der Waals surface area (Å²) >= 11 is 1.42. The molecule has 1 N–H and O–H groups in total. The van der Waals surface area contributed by atoms with Gasteiger partial charge in [-0.3, -0.25) is 4.79 Å². The number of thiophene rings is 1. The van der Waals surface area contributed by atoms with Crippen molar-refractivity contribution in [3.63, 3.8) is 0 Å². The summed E-state index contributed by atoms with van der Waals surface area (Å²) in [6.07, 6.45) is 1.72. The van der Waals surface area contributed by atoms with E-state index < -0.39 is 10.0 Å². The zero-order valence-electron chi connectivity index (χ0n) is 15.7. The van der Waals surface area contributed by atoms with Crippen LogP contribution in [0.5, 0.6) is 5.75 Å². The Kier molecular flexibility index (Phi) is 5.88. The van der Waals surface area contributed by atoms with Crippen molar-refractivity contribution in [1.82, 2.24) is 4.31 Å². The summed E-state index contributed by atoms with van der Waals surface area (Å²) in [6.45, 7) is 7.12. The minimum absolute atomic E-state index is 0.0996. The molecule has 1 amide bonds. The van der Waals surface area contributed by atoms with Gasteiger partial charge < -0.3 is 10.1 Å². The molecular weight excluding hydrogens is 384 g/mol. The summed E-state index contributed by atoms with van der Waals surface area (Å²) < 4.78 is 33.0. The Morgan fingerprint density at radius 1 is 1.22 bits per heavy atom. The van der Waals surface area contributed by atoms with Crippen LogP contribution in [0.25, 0.3) is 0 Å².